The third-order valence-corrected chi connectivity index (χ3v) is 4.67. The van der Waals surface area contributed by atoms with Crippen LogP contribution in [0.25, 0.3) is 11.3 Å². The molecule has 3 rings (SSSR count). The standard InChI is InChI=1S/C17H9ClF3IN4O/c18-12-2-1-9(17(19,20)21)5-11(12)14-7-25-15(8-24-14)26-16(27)10-3-4-23-6-13(10)22/h1-8H,(H,25,26,27). The molecule has 0 unspecified atom stereocenters. The van der Waals surface area contributed by atoms with Crippen LogP contribution in [0.4, 0.5) is 19.0 Å². The van der Waals surface area contributed by atoms with Gasteiger partial charge in [-0.05, 0) is 46.9 Å². The van der Waals surface area contributed by atoms with Crippen molar-refractivity contribution in [2.24, 2.45) is 0 Å². The zero-order chi connectivity index (χ0) is 19.6. The van der Waals surface area contributed by atoms with Gasteiger partial charge < -0.3 is 5.32 Å². The summed E-state index contributed by atoms with van der Waals surface area (Å²) in [5.41, 5.74) is -0.172. The molecule has 138 valence electrons. The molecule has 0 spiro atoms. The van der Waals surface area contributed by atoms with E-state index in [2.05, 4.69) is 20.3 Å². The van der Waals surface area contributed by atoms with Gasteiger partial charge in [0.25, 0.3) is 5.91 Å². The van der Waals surface area contributed by atoms with E-state index >= 15 is 0 Å². The van der Waals surface area contributed by atoms with Gasteiger partial charge in [0.2, 0.25) is 0 Å². The zero-order valence-electron chi connectivity index (χ0n) is 13.3. The SMILES string of the molecule is O=C(Nc1cnc(-c2cc(C(F)(F)F)ccc2Cl)cn1)c1ccncc1I. The highest BCUT2D eigenvalue weighted by molar-refractivity contribution is 14.1. The monoisotopic (exact) mass is 504 g/mol. The number of hydrogen-bond donors (Lipinski definition) is 1. The van der Waals surface area contributed by atoms with E-state index in [1.54, 1.807) is 12.3 Å². The van der Waals surface area contributed by atoms with E-state index in [-0.39, 0.29) is 22.1 Å². The summed E-state index contributed by atoms with van der Waals surface area (Å²) in [5.74, 6) is -0.250. The van der Waals surface area contributed by atoms with E-state index in [0.29, 0.717) is 9.13 Å². The molecule has 0 aliphatic carbocycles. The summed E-state index contributed by atoms with van der Waals surface area (Å²) in [7, 11) is 0. The lowest BCUT2D eigenvalue weighted by Gasteiger charge is -2.10. The zero-order valence-corrected chi connectivity index (χ0v) is 16.2. The highest BCUT2D eigenvalue weighted by Gasteiger charge is 2.31. The smallest absolute Gasteiger partial charge is 0.305 e. The van der Waals surface area contributed by atoms with Gasteiger partial charge in [0.05, 0.1) is 34.2 Å². The lowest BCUT2D eigenvalue weighted by molar-refractivity contribution is -0.137. The van der Waals surface area contributed by atoms with E-state index in [1.165, 1.54) is 18.6 Å². The second kappa shape index (κ2) is 7.77. The van der Waals surface area contributed by atoms with Crippen molar-refractivity contribution in [3.63, 3.8) is 0 Å². The third kappa shape index (κ3) is 4.53. The third-order valence-electron chi connectivity index (χ3n) is 3.48. The van der Waals surface area contributed by atoms with Gasteiger partial charge in [-0.1, -0.05) is 11.6 Å². The van der Waals surface area contributed by atoms with Crippen LogP contribution >= 0.6 is 34.2 Å². The highest BCUT2D eigenvalue weighted by atomic mass is 127. The molecule has 1 aromatic carbocycles. The molecular formula is C17H9ClF3IN4O. The van der Waals surface area contributed by atoms with Gasteiger partial charge in [-0.25, -0.2) is 4.98 Å². The summed E-state index contributed by atoms with van der Waals surface area (Å²) in [6.07, 6.45) is 1.02. The molecule has 0 radical (unpaired) electrons. The fourth-order valence-corrected chi connectivity index (χ4v) is 2.97. The second-order valence-corrected chi connectivity index (χ2v) is 6.86. The summed E-state index contributed by atoms with van der Waals surface area (Å²) in [6.45, 7) is 0. The average Bonchev–Trinajstić information content (AvgIpc) is 2.62. The van der Waals surface area contributed by atoms with Crippen LogP contribution < -0.4 is 5.32 Å². The van der Waals surface area contributed by atoms with Crippen LogP contribution in [0.3, 0.4) is 0 Å². The Balaban J connectivity index is 1.84. The molecule has 0 bridgehead atoms. The topological polar surface area (TPSA) is 67.8 Å². The van der Waals surface area contributed by atoms with Crippen LogP contribution in [0.2, 0.25) is 5.02 Å². The maximum Gasteiger partial charge on any atom is 0.416 e. The first kappa shape index (κ1) is 19.5. The number of carbonyl (C=O) groups excluding carboxylic acids is 1. The molecule has 3 aromatic rings. The van der Waals surface area contributed by atoms with Crippen molar-refractivity contribution in [3.8, 4) is 11.3 Å². The van der Waals surface area contributed by atoms with Crippen molar-refractivity contribution in [1.29, 1.82) is 0 Å². The minimum absolute atomic E-state index is 0.0977. The number of carbonyl (C=O) groups is 1. The molecule has 0 atom stereocenters. The minimum Gasteiger partial charge on any atom is -0.305 e. The van der Waals surface area contributed by atoms with Crippen molar-refractivity contribution in [1.82, 2.24) is 15.0 Å². The molecule has 0 aliphatic heterocycles. The quantitative estimate of drug-likeness (QED) is 0.506. The van der Waals surface area contributed by atoms with Crippen molar-refractivity contribution in [2.75, 3.05) is 5.32 Å². The van der Waals surface area contributed by atoms with Gasteiger partial charge in [0, 0.05) is 21.5 Å². The summed E-state index contributed by atoms with van der Waals surface area (Å²) < 4.78 is 39.3. The number of anilines is 1. The van der Waals surface area contributed by atoms with Crippen molar-refractivity contribution in [2.45, 2.75) is 6.18 Å². The largest absolute Gasteiger partial charge is 0.416 e. The van der Waals surface area contributed by atoms with Gasteiger partial charge >= 0.3 is 6.18 Å². The maximum absolute atomic E-state index is 12.9. The van der Waals surface area contributed by atoms with Gasteiger partial charge in [-0.3, -0.25) is 14.8 Å². The van der Waals surface area contributed by atoms with Gasteiger partial charge in [-0.2, -0.15) is 13.2 Å². The minimum atomic E-state index is -4.50. The van der Waals surface area contributed by atoms with E-state index < -0.39 is 17.6 Å². The fourth-order valence-electron chi connectivity index (χ4n) is 2.17. The van der Waals surface area contributed by atoms with E-state index in [9.17, 15) is 18.0 Å². The van der Waals surface area contributed by atoms with E-state index in [4.69, 9.17) is 11.6 Å². The van der Waals surface area contributed by atoms with Gasteiger partial charge in [-0.15, -0.1) is 0 Å². The van der Waals surface area contributed by atoms with Crippen LogP contribution in [0, 0.1) is 3.57 Å². The second-order valence-electron chi connectivity index (χ2n) is 5.29. The first-order chi connectivity index (χ1) is 12.8. The first-order valence-electron chi connectivity index (χ1n) is 7.36. The van der Waals surface area contributed by atoms with Crippen molar-refractivity contribution >= 4 is 45.9 Å². The first-order valence-corrected chi connectivity index (χ1v) is 8.81. The van der Waals surface area contributed by atoms with Gasteiger partial charge in [0.1, 0.15) is 0 Å². The Kier molecular flexibility index (Phi) is 5.61. The molecule has 0 saturated heterocycles. The molecule has 5 nitrogen and oxygen atoms in total. The molecule has 0 fully saturated rings. The number of hydrogen-bond acceptors (Lipinski definition) is 4. The van der Waals surface area contributed by atoms with Crippen LogP contribution in [0.1, 0.15) is 15.9 Å². The van der Waals surface area contributed by atoms with Crippen molar-refractivity contribution < 1.29 is 18.0 Å². The molecule has 2 aromatic heterocycles. The van der Waals surface area contributed by atoms with E-state index in [1.807, 2.05) is 22.6 Å². The number of amides is 1. The molecule has 10 heteroatoms. The normalized spacial score (nSPS) is 11.3. The fraction of sp³-hybridized carbons (Fsp3) is 0.0588. The molecule has 1 amide bonds. The molecule has 1 N–H and O–H groups in total. The Hall–Kier alpha value is -2.27. The van der Waals surface area contributed by atoms with Crippen LogP contribution in [-0.2, 0) is 6.18 Å². The summed E-state index contributed by atoms with van der Waals surface area (Å²) >= 11 is 7.97. The Morgan fingerprint density at radius 2 is 1.89 bits per heavy atom. The molecular weight excluding hydrogens is 496 g/mol. The number of nitrogens with one attached hydrogen (secondary N) is 1. The Morgan fingerprint density at radius 3 is 2.52 bits per heavy atom. The van der Waals surface area contributed by atoms with Crippen molar-refractivity contribution in [3.05, 3.63) is 68.8 Å². The number of rotatable bonds is 3. The lowest BCUT2D eigenvalue weighted by atomic mass is 10.1. The number of aromatic nitrogens is 3. The van der Waals surface area contributed by atoms with Crippen LogP contribution in [0.5, 0.6) is 0 Å². The summed E-state index contributed by atoms with van der Waals surface area (Å²) in [6, 6.07) is 4.51. The molecule has 0 saturated carbocycles. The number of benzene rings is 1. The lowest BCUT2D eigenvalue weighted by Crippen LogP contribution is -2.14. The average molecular weight is 505 g/mol. The van der Waals surface area contributed by atoms with Gasteiger partial charge in [0.15, 0.2) is 5.82 Å². The number of alkyl halides is 3. The van der Waals surface area contributed by atoms with E-state index in [0.717, 1.165) is 18.2 Å². The Morgan fingerprint density at radius 1 is 1.11 bits per heavy atom. The predicted octanol–water partition coefficient (Wildman–Crippen LogP) is 5.07. The highest BCUT2D eigenvalue weighted by Crippen LogP contribution is 2.35. The molecule has 2 heterocycles. The summed E-state index contributed by atoms with van der Waals surface area (Å²) in [5, 5.41) is 2.68. The Bertz CT molecular complexity index is 996. The summed E-state index contributed by atoms with van der Waals surface area (Å²) in [4.78, 5) is 24.2. The molecule has 27 heavy (non-hydrogen) atoms. The number of halogens is 5. The predicted molar refractivity (Wildman–Crippen MR) is 102 cm³/mol. The Labute approximate surface area is 170 Å². The number of nitrogens with zero attached hydrogens (tertiary/aromatic N) is 3. The van der Waals surface area contributed by atoms with Crippen LogP contribution in [-0.4, -0.2) is 20.9 Å². The number of pyridine rings is 1. The van der Waals surface area contributed by atoms with Crippen LogP contribution in [0.15, 0.2) is 49.1 Å². The molecule has 0 aliphatic rings. The maximum atomic E-state index is 12.9.